The molecule has 3 aromatic heterocycles. The molecule has 1 aliphatic heterocycles. The van der Waals surface area contributed by atoms with E-state index in [9.17, 15) is 0 Å². The second-order valence-electron chi connectivity index (χ2n) is 16.6. The van der Waals surface area contributed by atoms with Crippen LogP contribution >= 0.6 is 12.2 Å². The predicted octanol–water partition coefficient (Wildman–Crippen LogP) is 10.7. The summed E-state index contributed by atoms with van der Waals surface area (Å²) in [5.74, 6) is 0.429. The van der Waals surface area contributed by atoms with E-state index in [0.717, 1.165) is 33.4 Å². The smallest absolute Gasteiger partial charge is 0.269 e. The molecule has 1 saturated heterocycles. The molecule has 10 rings (SSSR count). The Bertz CT molecular complexity index is 2880. The highest BCUT2D eigenvalue weighted by Crippen LogP contribution is 2.48. The molecule has 1 N–H and O–H groups in total. The maximum atomic E-state index is 18.4. The molecule has 0 bridgehead atoms. The first-order chi connectivity index (χ1) is 33.3. The van der Waals surface area contributed by atoms with Gasteiger partial charge in [0.25, 0.3) is 5.17 Å². The second-order valence-corrected chi connectivity index (χ2v) is 17.0. The summed E-state index contributed by atoms with van der Waals surface area (Å²) in [6, 6.07) is 60.3. The molecule has 1 aliphatic rings. The number of imidazole rings is 2. The number of benzene rings is 6. The largest absolute Gasteiger partial charge is 0.476 e. The number of anilines is 1. The van der Waals surface area contributed by atoms with Gasteiger partial charge in [-0.1, -0.05) is 182 Å². The summed E-state index contributed by atoms with van der Waals surface area (Å²) in [6.07, 6.45) is 2.55. The number of halogens is 1. The topological polar surface area (TPSA) is 110 Å². The van der Waals surface area contributed by atoms with E-state index in [4.69, 9.17) is 46.1 Å². The highest BCUT2D eigenvalue weighted by Gasteiger charge is 2.59. The van der Waals surface area contributed by atoms with Crippen LogP contribution in [0.15, 0.2) is 207 Å². The number of hydrogen-bond acceptors (Lipinski definition) is 10. The summed E-state index contributed by atoms with van der Waals surface area (Å²) in [7, 11) is 0. The molecule has 0 aliphatic carbocycles. The lowest BCUT2D eigenvalue weighted by atomic mass is 9.77. The first-order valence-corrected chi connectivity index (χ1v) is 22.9. The maximum absolute atomic E-state index is 18.4. The molecule has 4 heterocycles. The third-order valence-electron chi connectivity index (χ3n) is 12.5. The van der Waals surface area contributed by atoms with Crippen LogP contribution in [0.1, 0.15) is 53.5 Å². The number of hydrogen-bond donors (Lipinski definition) is 1. The Morgan fingerprint density at radius 1 is 0.706 bits per heavy atom. The first-order valence-electron chi connectivity index (χ1n) is 22.5. The van der Waals surface area contributed by atoms with Gasteiger partial charge in [-0.3, -0.25) is 9.13 Å². The van der Waals surface area contributed by atoms with Gasteiger partial charge in [-0.05, 0) is 59.4 Å². The van der Waals surface area contributed by atoms with Crippen molar-refractivity contribution in [3.8, 4) is 5.88 Å². The van der Waals surface area contributed by atoms with Gasteiger partial charge in [0.1, 0.15) is 23.6 Å². The molecule has 4 atom stereocenters. The molecule has 11 nitrogen and oxygen atoms in total. The van der Waals surface area contributed by atoms with Crippen LogP contribution in [0.5, 0.6) is 5.88 Å². The van der Waals surface area contributed by atoms with E-state index in [0.29, 0.717) is 5.52 Å². The standard InChI is InChI=1S/C55H48FN7O4S/c1-3-64-49-46-48(59-51(60-49)61-54(39-22-10-4-11-23-39,40-24-12-5-13-25-40)41-26-14-6-15-27-41)63(38-58-46)50-53(2,56)47(67-52(68)62-35-34-57-37-62)45(66-50)36-65-55(42-28-16-7-17-29-42,43-30-18-8-19-31-43)44-32-20-9-21-33-44/h4-35,37-38,45,47,50H,3,36H2,1-2H3,(H,59,60,61)/t45-,47-,50-,53-/m1/s1. The number of rotatable bonds is 15. The minimum absolute atomic E-state index is 0.00641. The van der Waals surface area contributed by atoms with Gasteiger partial charge in [0.05, 0.1) is 19.5 Å². The Hall–Kier alpha value is -7.58. The van der Waals surface area contributed by atoms with Crippen molar-refractivity contribution in [2.75, 3.05) is 18.5 Å². The number of fused-ring (bicyclic) bond motifs is 1. The summed E-state index contributed by atoms with van der Waals surface area (Å²) in [4.78, 5) is 19.0. The van der Waals surface area contributed by atoms with Crippen LogP contribution in [-0.2, 0) is 25.4 Å². The number of nitrogens with zero attached hydrogens (tertiary/aromatic N) is 6. The molecule has 9 aromatic rings. The molecule has 0 amide bonds. The van der Waals surface area contributed by atoms with Crippen LogP contribution < -0.4 is 10.1 Å². The first kappa shape index (κ1) is 44.3. The van der Waals surface area contributed by atoms with Crippen molar-refractivity contribution in [3.63, 3.8) is 0 Å². The number of nitrogens with one attached hydrogen (secondary N) is 1. The minimum Gasteiger partial charge on any atom is -0.476 e. The number of alkyl halides is 1. The van der Waals surface area contributed by atoms with Gasteiger partial charge < -0.3 is 24.3 Å². The average Bonchev–Trinajstić information content (AvgIpc) is 4.14. The van der Waals surface area contributed by atoms with Crippen LogP contribution in [0.3, 0.4) is 0 Å². The quantitative estimate of drug-likeness (QED) is 0.0788. The lowest BCUT2D eigenvalue weighted by molar-refractivity contribution is -0.0940. The fourth-order valence-electron chi connectivity index (χ4n) is 9.35. The number of aromatic nitrogens is 6. The third kappa shape index (κ3) is 8.08. The molecular formula is C55H48FN7O4S. The van der Waals surface area contributed by atoms with Gasteiger partial charge in [0, 0.05) is 12.4 Å². The molecule has 68 heavy (non-hydrogen) atoms. The second kappa shape index (κ2) is 19.0. The van der Waals surface area contributed by atoms with E-state index in [1.54, 1.807) is 17.0 Å². The normalized spacial score (nSPS) is 18.3. The van der Waals surface area contributed by atoms with E-state index in [2.05, 4.69) is 46.7 Å². The van der Waals surface area contributed by atoms with Crippen molar-refractivity contribution in [1.82, 2.24) is 29.1 Å². The van der Waals surface area contributed by atoms with Crippen LogP contribution in [-0.4, -0.2) is 65.3 Å². The summed E-state index contributed by atoms with van der Waals surface area (Å²) in [6.45, 7) is 3.47. The van der Waals surface area contributed by atoms with E-state index in [1.807, 2.05) is 153 Å². The summed E-state index contributed by atoms with van der Waals surface area (Å²) < 4.78 is 48.3. The van der Waals surface area contributed by atoms with E-state index >= 15 is 4.39 Å². The molecular weight excluding hydrogens is 874 g/mol. The average molecular weight is 922 g/mol. The van der Waals surface area contributed by atoms with Crippen LogP contribution in [0.2, 0.25) is 0 Å². The van der Waals surface area contributed by atoms with Crippen molar-refractivity contribution in [2.45, 2.75) is 49.1 Å². The lowest BCUT2D eigenvalue weighted by Crippen LogP contribution is -2.46. The highest BCUT2D eigenvalue weighted by atomic mass is 32.1. The highest BCUT2D eigenvalue weighted by molar-refractivity contribution is 7.80. The molecule has 0 spiro atoms. The van der Waals surface area contributed by atoms with Gasteiger partial charge in [0.2, 0.25) is 11.8 Å². The lowest BCUT2D eigenvalue weighted by Gasteiger charge is -2.37. The van der Waals surface area contributed by atoms with Crippen molar-refractivity contribution in [1.29, 1.82) is 0 Å². The van der Waals surface area contributed by atoms with Gasteiger partial charge in [0.15, 0.2) is 29.2 Å². The Kier molecular flexibility index (Phi) is 12.3. The zero-order chi connectivity index (χ0) is 46.6. The van der Waals surface area contributed by atoms with E-state index in [1.165, 1.54) is 24.1 Å². The fourth-order valence-corrected chi connectivity index (χ4v) is 9.56. The van der Waals surface area contributed by atoms with E-state index < -0.39 is 35.2 Å². The Labute approximate surface area is 399 Å². The third-order valence-corrected chi connectivity index (χ3v) is 12.8. The number of ether oxygens (including phenoxy) is 4. The van der Waals surface area contributed by atoms with Crippen molar-refractivity contribution >= 4 is 34.5 Å². The summed E-state index contributed by atoms with van der Waals surface area (Å²) in [5.41, 5.74) is 1.64. The van der Waals surface area contributed by atoms with Gasteiger partial charge >= 0.3 is 0 Å². The van der Waals surface area contributed by atoms with Gasteiger partial charge in [-0.15, -0.1) is 0 Å². The zero-order valence-corrected chi connectivity index (χ0v) is 38.2. The Morgan fingerprint density at radius 3 is 1.65 bits per heavy atom. The van der Waals surface area contributed by atoms with Crippen LogP contribution in [0.4, 0.5) is 10.3 Å². The van der Waals surface area contributed by atoms with Crippen molar-refractivity contribution < 1.29 is 23.3 Å². The Balaban J connectivity index is 1.09. The fraction of sp³-hybridized carbons (Fsp3) is 0.182. The molecule has 0 unspecified atom stereocenters. The number of thiocarbonyl (C=S) groups is 1. The molecule has 0 saturated carbocycles. The Morgan fingerprint density at radius 2 is 1.19 bits per heavy atom. The van der Waals surface area contributed by atoms with Crippen LogP contribution in [0.25, 0.3) is 11.2 Å². The SMILES string of the molecule is CCOc1nc(NC(c2ccccc2)(c2ccccc2)c2ccccc2)nc2c1ncn2[C@@H]1O[C@H](COC(c2ccccc2)(c2ccccc2)c2ccccc2)[C@@H](OC(=S)n2ccnc2)[C@@]1(C)F. The molecule has 6 aromatic carbocycles. The van der Waals surface area contributed by atoms with E-state index in [-0.39, 0.29) is 35.9 Å². The maximum Gasteiger partial charge on any atom is 0.269 e. The molecule has 340 valence electrons. The summed E-state index contributed by atoms with van der Waals surface area (Å²) >= 11 is 5.78. The zero-order valence-electron chi connectivity index (χ0n) is 37.4. The molecule has 13 heteroatoms. The van der Waals surface area contributed by atoms with Crippen LogP contribution in [0, 0.1) is 0 Å². The monoisotopic (exact) mass is 921 g/mol. The van der Waals surface area contributed by atoms with Gasteiger partial charge in [-0.25, -0.2) is 14.4 Å². The van der Waals surface area contributed by atoms with Crippen molar-refractivity contribution in [3.05, 3.63) is 240 Å². The summed E-state index contributed by atoms with van der Waals surface area (Å²) in [5, 5.41) is 3.75. The predicted molar refractivity (Wildman–Crippen MR) is 263 cm³/mol. The molecule has 1 fully saturated rings. The van der Waals surface area contributed by atoms with Gasteiger partial charge in [-0.2, -0.15) is 9.97 Å². The minimum atomic E-state index is -2.27. The molecule has 0 radical (unpaired) electrons. The van der Waals surface area contributed by atoms with Crippen molar-refractivity contribution in [2.24, 2.45) is 0 Å².